The highest BCUT2D eigenvalue weighted by molar-refractivity contribution is 5.97. The summed E-state index contributed by atoms with van der Waals surface area (Å²) < 4.78 is 1.96. The number of hydrogen-bond acceptors (Lipinski definition) is 6. The maximum absolute atomic E-state index is 14.0. The second-order valence-electron chi connectivity index (χ2n) is 13.0. The van der Waals surface area contributed by atoms with E-state index in [1.54, 1.807) is 6.92 Å². The van der Waals surface area contributed by atoms with E-state index in [-0.39, 0.29) is 17.3 Å². The zero-order valence-corrected chi connectivity index (χ0v) is 23.5. The third-order valence-electron chi connectivity index (χ3n) is 9.97. The molecule has 0 amide bonds. The molecule has 1 aromatic carbocycles. The number of carbonyl (C=O) groups is 1. The Morgan fingerprint density at radius 1 is 0.949 bits per heavy atom. The van der Waals surface area contributed by atoms with Crippen LogP contribution in [-0.4, -0.2) is 55.0 Å². The first-order valence-corrected chi connectivity index (χ1v) is 15.0. The fraction of sp³-hybridized carbons (Fsp3) is 0.677. The van der Waals surface area contributed by atoms with Crippen molar-refractivity contribution < 1.29 is 14.7 Å². The molecule has 4 fully saturated rings. The molecule has 4 bridgehead atoms. The topological polar surface area (TPSA) is 97.0 Å². The molecule has 8 nitrogen and oxygen atoms in total. The van der Waals surface area contributed by atoms with Gasteiger partial charge in [-0.3, -0.25) is 9.69 Å². The van der Waals surface area contributed by atoms with E-state index >= 15 is 0 Å². The van der Waals surface area contributed by atoms with Gasteiger partial charge in [0, 0.05) is 24.2 Å². The number of para-hydroxylation sites is 2. The van der Waals surface area contributed by atoms with Crippen LogP contribution in [0.15, 0.2) is 34.2 Å². The first kappa shape index (κ1) is 26.5. The molecule has 2 aliphatic heterocycles. The monoisotopic (exact) mass is 534 g/mol. The summed E-state index contributed by atoms with van der Waals surface area (Å²) in [5.74, 6) is 0.680. The summed E-state index contributed by atoms with van der Waals surface area (Å²) in [6, 6.07) is 9.67. The van der Waals surface area contributed by atoms with Crippen molar-refractivity contribution >= 4 is 22.7 Å². The maximum Gasteiger partial charge on any atom is 0.350 e. The minimum Gasteiger partial charge on any atom is -0.478 e. The molecule has 1 aromatic heterocycles. The molecule has 39 heavy (non-hydrogen) atoms. The lowest BCUT2D eigenvalue weighted by Crippen LogP contribution is -2.52. The van der Waals surface area contributed by atoms with Gasteiger partial charge >= 0.3 is 5.97 Å². The Kier molecular flexibility index (Phi) is 7.02. The van der Waals surface area contributed by atoms with Crippen LogP contribution in [0.5, 0.6) is 0 Å². The molecule has 6 rings (SSSR count). The minimum absolute atomic E-state index is 0.105. The second kappa shape index (κ2) is 10.3. The average Bonchev–Trinajstić information content (AvgIpc) is 3.06. The normalized spacial score (nSPS) is 31.7. The van der Waals surface area contributed by atoms with Crippen molar-refractivity contribution in [3.63, 3.8) is 0 Å². The molecule has 2 aromatic rings. The number of aromatic nitrogens is 2. The Bertz CT molecular complexity index is 1310. The summed E-state index contributed by atoms with van der Waals surface area (Å²) in [7, 11) is 0. The Morgan fingerprint density at radius 2 is 1.59 bits per heavy atom. The van der Waals surface area contributed by atoms with Crippen LogP contribution in [0.3, 0.4) is 0 Å². The van der Waals surface area contributed by atoms with Crippen LogP contribution in [0.2, 0.25) is 0 Å². The van der Waals surface area contributed by atoms with Gasteiger partial charge < -0.3 is 14.5 Å². The molecule has 0 radical (unpaired) electrons. The van der Waals surface area contributed by atoms with E-state index in [0.29, 0.717) is 23.8 Å². The fourth-order valence-corrected chi connectivity index (χ4v) is 8.12. The van der Waals surface area contributed by atoms with Crippen LogP contribution < -0.4 is 5.56 Å². The first-order chi connectivity index (χ1) is 18.7. The lowest BCUT2D eigenvalue weighted by Gasteiger charge is -2.48. The van der Waals surface area contributed by atoms with Crippen LogP contribution in [0.4, 0.5) is 0 Å². The molecular weight excluding hydrogens is 492 g/mol. The number of rotatable bonds is 6. The SMILES string of the molecule is C/C(=N\OC(C)(C)C(=O)O)c1nc2ccccc2n([C@H]2C[C@H]3CC[C@@H](C2)N3C2C[C@H]3CCCC[C@@H](C2)C3)c1=O. The number of carboxylic acids is 1. The van der Waals surface area contributed by atoms with Crippen molar-refractivity contribution in [2.24, 2.45) is 17.0 Å². The van der Waals surface area contributed by atoms with E-state index < -0.39 is 11.6 Å². The van der Waals surface area contributed by atoms with Crippen LogP contribution in [-0.2, 0) is 9.63 Å². The molecular formula is C31H42N4O4. The summed E-state index contributed by atoms with van der Waals surface area (Å²) in [5, 5.41) is 13.4. The highest BCUT2D eigenvalue weighted by atomic mass is 16.7. The van der Waals surface area contributed by atoms with E-state index in [1.165, 1.54) is 71.6 Å². The molecule has 4 aliphatic rings. The van der Waals surface area contributed by atoms with Crippen molar-refractivity contribution in [3.8, 4) is 0 Å². The van der Waals surface area contributed by atoms with Gasteiger partial charge in [0.1, 0.15) is 5.71 Å². The van der Waals surface area contributed by atoms with Crippen molar-refractivity contribution in [1.82, 2.24) is 14.5 Å². The van der Waals surface area contributed by atoms with E-state index in [0.717, 1.165) is 35.7 Å². The van der Waals surface area contributed by atoms with E-state index in [4.69, 9.17) is 4.84 Å². The quantitative estimate of drug-likeness (QED) is 0.387. The van der Waals surface area contributed by atoms with Crippen LogP contribution in [0.1, 0.15) is 103 Å². The summed E-state index contributed by atoms with van der Waals surface area (Å²) in [4.78, 5) is 38.3. The smallest absolute Gasteiger partial charge is 0.350 e. The molecule has 0 spiro atoms. The van der Waals surface area contributed by atoms with Gasteiger partial charge in [-0.05, 0) is 89.7 Å². The van der Waals surface area contributed by atoms with Gasteiger partial charge in [-0.2, -0.15) is 0 Å². The summed E-state index contributed by atoms with van der Waals surface area (Å²) in [6.07, 6.45) is 14.2. The zero-order valence-electron chi connectivity index (χ0n) is 23.5. The summed E-state index contributed by atoms with van der Waals surface area (Å²) in [5.41, 5.74) is 0.436. The third-order valence-corrected chi connectivity index (χ3v) is 9.97. The molecule has 6 atom stereocenters. The lowest BCUT2D eigenvalue weighted by molar-refractivity contribution is -0.161. The fourth-order valence-electron chi connectivity index (χ4n) is 8.12. The van der Waals surface area contributed by atoms with Crippen LogP contribution >= 0.6 is 0 Å². The molecule has 8 heteroatoms. The molecule has 210 valence electrons. The number of benzene rings is 1. The largest absolute Gasteiger partial charge is 0.478 e. The number of hydrogen-bond donors (Lipinski definition) is 1. The maximum atomic E-state index is 14.0. The van der Waals surface area contributed by atoms with Gasteiger partial charge in [-0.1, -0.05) is 43.0 Å². The van der Waals surface area contributed by atoms with E-state index in [1.807, 2.05) is 28.8 Å². The minimum atomic E-state index is -1.50. The highest BCUT2D eigenvalue weighted by Crippen LogP contribution is 2.47. The van der Waals surface area contributed by atoms with E-state index in [9.17, 15) is 14.7 Å². The molecule has 3 heterocycles. The Hall–Kier alpha value is -2.74. The molecule has 1 unspecified atom stereocenters. The van der Waals surface area contributed by atoms with Crippen LogP contribution in [0.25, 0.3) is 11.0 Å². The first-order valence-electron chi connectivity index (χ1n) is 15.0. The van der Waals surface area contributed by atoms with Gasteiger partial charge in [0.2, 0.25) is 5.60 Å². The number of aliphatic carboxylic acids is 1. The lowest BCUT2D eigenvalue weighted by atomic mass is 9.76. The van der Waals surface area contributed by atoms with Gasteiger partial charge in [-0.25, -0.2) is 9.78 Å². The van der Waals surface area contributed by atoms with Gasteiger partial charge in [-0.15, -0.1) is 0 Å². The van der Waals surface area contributed by atoms with Gasteiger partial charge in [0.05, 0.1) is 11.0 Å². The van der Waals surface area contributed by atoms with Crippen molar-refractivity contribution in [1.29, 1.82) is 0 Å². The van der Waals surface area contributed by atoms with Crippen molar-refractivity contribution in [2.45, 2.75) is 121 Å². The number of nitrogens with zero attached hydrogens (tertiary/aromatic N) is 4. The molecule has 2 saturated heterocycles. The molecule has 2 aliphatic carbocycles. The average molecular weight is 535 g/mol. The predicted molar refractivity (Wildman–Crippen MR) is 151 cm³/mol. The Balaban J connectivity index is 1.30. The number of oxime groups is 1. The number of carboxylic acid groups (broad SMARTS) is 1. The van der Waals surface area contributed by atoms with Gasteiger partial charge in [0.15, 0.2) is 5.69 Å². The van der Waals surface area contributed by atoms with Crippen molar-refractivity contribution in [2.75, 3.05) is 0 Å². The standard InChI is InChI=1S/C31H42N4O4/c1-19(33-39-31(2,3)30(37)38)28-29(36)35(27-11-7-6-10-26(27)32-28)25-17-22-12-13-23(18-25)34(22)24-15-20-8-4-5-9-21(14-20)16-24/h6-7,10-11,20-25H,4-5,8-9,12-18H2,1-3H3,(H,37,38)/b33-19+/t20-,21+,22-,23+,24?,25+. The zero-order chi connectivity index (χ0) is 27.3. The molecule has 1 N–H and O–H groups in total. The van der Waals surface area contributed by atoms with Crippen LogP contribution in [0, 0.1) is 11.8 Å². The third kappa shape index (κ3) is 5.01. The Labute approximate surface area is 230 Å². The Morgan fingerprint density at radius 3 is 2.23 bits per heavy atom. The number of piperidine rings is 1. The summed E-state index contributed by atoms with van der Waals surface area (Å²) >= 11 is 0. The highest BCUT2D eigenvalue weighted by Gasteiger charge is 2.47. The predicted octanol–water partition coefficient (Wildman–Crippen LogP) is 5.53. The molecule has 2 saturated carbocycles. The summed E-state index contributed by atoms with van der Waals surface area (Å²) in [6.45, 7) is 4.53. The van der Waals surface area contributed by atoms with E-state index in [2.05, 4.69) is 15.0 Å². The van der Waals surface area contributed by atoms with Gasteiger partial charge in [0.25, 0.3) is 5.56 Å². The van der Waals surface area contributed by atoms with Crippen molar-refractivity contribution in [3.05, 3.63) is 40.3 Å². The number of fused-ring (bicyclic) bond motifs is 5. The second-order valence-corrected chi connectivity index (χ2v) is 13.0.